The first-order valence-corrected chi connectivity index (χ1v) is 22.8. The standard InChI is InChI=1S/C60H52N4/c1-6-43(48-35-41(4)59(42(5)36-48)62-33-32-61-60(62)45-24-22-39(2)23-25-45)34-40(3)44-26-29-49(30-27-44)63-57-21-12-9-18-53(57)54-38-47(28-31-58(54)63)46-14-13-15-50(37-46)64-55-19-10-7-16-51(55)52-17-8-11-20-56(52)64/h7-33,35-38,40,43H,6,34H2,1-5H3. The number of fused-ring (bicyclic) bond motifs is 6. The second-order valence-corrected chi connectivity index (χ2v) is 17.8. The van der Waals surface area contributed by atoms with Gasteiger partial charge in [-0.25, -0.2) is 4.98 Å². The van der Waals surface area contributed by atoms with Crippen LogP contribution in [-0.2, 0) is 0 Å². The Morgan fingerprint density at radius 2 is 1.05 bits per heavy atom. The SMILES string of the molecule is CCC(CC(C)c1ccc(-n2c3ccccc3c3cc(-c4cccc(-n5c6ccccc6c6ccccc65)c4)ccc32)cc1)c1cc(C)c(-n2ccnc2-c2ccc(C)cc2)c(C)c1. The lowest BCUT2D eigenvalue weighted by molar-refractivity contribution is 0.544. The number of rotatable bonds is 10. The predicted molar refractivity (Wildman–Crippen MR) is 270 cm³/mol. The largest absolute Gasteiger partial charge is 0.309 e. The van der Waals surface area contributed by atoms with Gasteiger partial charge in [0, 0.05) is 50.9 Å². The lowest BCUT2D eigenvalue weighted by Crippen LogP contribution is -2.07. The lowest BCUT2D eigenvalue weighted by Gasteiger charge is -2.23. The van der Waals surface area contributed by atoms with Crippen molar-refractivity contribution >= 4 is 43.6 Å². The van der Waals surface area contributed by atoms with Gasteiger partial charge < -0.3 is 9.13 Å². The molecule has 0 N–H and O–H groups in total. The molecular formula is C60H52N4. The minimum Gasteiger partial charge on any atom is -0.309 e. The van der Waals surface area contributed by atoms with E-state index < -0.39 is 0 Å². The van der Waals surface area contributed by atoms with Gasteiger partial charge in [0.15, 0.2) is 0 Å². The fourth-order valence-electron chi connectivity index (χ4n) is 10.5. The number of nitrogens with zero attached hydrogens (tertiary/aromatic N) is 4. The van der Waals surface area contributed by atoms with E-state index in [1.165, 1.54) is 99.6 Å². The van der Waals surface area contributed by atoms with E-state index in [4.69, 9.17) is 4.98 Å². The van der Waals surface area contributed by atoms with Crippen molar-refractivity contribution in [3.8, 4) is 39.6 Å². The predicted octanol–water partition coefficient (Wildman–Crippen LogP) is 16.0. The maximum absolute atomic E-state index is 4.77. The minimum atomic E-state index is 0.403. The Morgan fingerprint density at radius 3 is 1.69 bits per heavy atom. The third-order valence-corrected chi connectivity index (χ3v) is 13.7. The molecule has 4 heteroatoms. The summed E-state index contributed by atoms with van der Waals surface area (Å²) in [5.41, 5.74) is 18.6. The van der Waals surface area contributed by atoms with Crippen LogP contribution in [0.15, 0.2) is 188 Å². The molecule has 0 aliphatic rings. The zero-order chi connectivity index (χ0) is 43.5. The first kappa shape index (κ1) is 39.4. The Bertz CT molecular complexity index is 3430. The fourth-order valence-corrected chi connectivity index (χ4v) is 10.5. The molecule has 4 nitrogen and oxygen atoms in total. The highest BCUT2D eigenvalue weighted by molar-refractivity contribution is 6.11. The third kappa shape index (κ3) is 6.73. The molecule has 2 unspecified atom stereocenters. The Morgan fingerprint density at radius 1 is 0.484 bits per heavy atom. The molecule has 0 fully saturated rings. The normalized spacial score (nSPS) is 12.8. The monoisotopic (exact) mass is 828 g/mol. The summed E-state index contributed by atoms with van der Waals surface area (Å²) in [4.78, 5) is 4.77. The van der Waals surface area contributed by atoms with Crippen LogP contribution in [-0.4, -0.2) is 18.7 Å². The van der Waals surface area contributed by atoms with E-state index in [1.54, 1.807) is 0 Å². The van der Waals surface area contributed by atoms with Crippen LogP contribution in [0.1, 0.15) is 66.3 Å². The molecular weight excluding hydrogens is 777 g/mol. The first-order chi connectivity index (χ1) is 31.3. The Hall–Kier alpha value is -7.43. The number of hydrogen-bond donors (Lipinski definition) is 0. The smallest absolute Gasteiger partial charge is 0.144 e. The van der Waals surface area contributed by atoms with Crippen LogP contribution in [0.4, 0.5) is 0 Å². The molecule has 11 aromatic rings. The van der Waals surface area contributed by atoms with Gasteiger partial charge in [0.2, 0.25) is 0 Å². The molecule has 3 heterocycles. The van der Waals surface area contributed by atoms with Crippen LogP contribution in [0, 0.1) is 20.8 Å². The summed E-state index contributed by atoms with van der Waals surface area (Å²) >= 11 is 0. The molecule has 0 radical (unpaired) electrons. The van der Waals surface area contributed by atoms with Gasteiger partial charge in [-0.05, 0) is 133 Å². The third-order valence-electron chi connectivity index (χ3n) is 13.7. The molecule has 0 saturated carbocycles. The summed E-state index contributed by atoms with van der Waals surface area (Å²) < 4.78 is 7.09. The van der Waals surface area contributed by atoms with Gasteiger partial charge in [0.25, 0.3) is 0 Å². The van der Waals surface area contributed by atoms with Crippen LogP contribution in [0.2, 0.25) is 0 Å². The van der Waals surface area contributed by atoms with Gasteiger partial charge in [0.05, 0.1) is 27.8 Å². The highest BCUT2D eigenvalue weighted by Gasteiger charge is 2.21. The Labute approximate surface area is 375 Å². The molecule has 0 bridgehead atoms. The average Bonchev–Trinajstić information content (AvgIpc) is 4.04. The van der Waals surface area contributed by atoms with Gasteiger partial charge in [-0.2, -0.15) is 0 Å². The maximum atomic E-state index is 4.77. The van der Waals surface area contributed by atoms with Gasteiger partial charge in [-0.1, -0.05) is 141 Å². The molecule has 312 valence electrons. The van der Waals surface area contributed by atoms with Crippen molar-refractivity contribution in [3.05, 3.63) is 216 Å². The molecule has 0 aliphatic carbocycles. The molecule has 2 atom stereocenters. The molecule has 3 aromatic heterocycles. The van der Waals surface area contributed by atoms with Gasteiger partial charge in [-0.3, -0.25) is 4.57 Å². The van der Waals surface area contributed by atoms with E-state index in [2.05, 4.69) is 230 Å². The first-order valence-electron chi connectivity index (χ1n) is 22.8. The van der Waals surface area contributed by atoms with Crippen molar-refractivity contribution in [2.24, 2.45) is 0 Å². The summed E-state index contributed by atoms with van der Waals surface area (Å²) in [6.45, 7) is 11.4. The molecule has 0 amide bonds. The number of para-hydroxylation sites is 3. The van der Waals surface area contributed by atoms with Gasteiger partial charge >= 0.3 is 0 Å². The highest BCUT2D eigenvalue weighted by Crippen LogP contribution is 2.39. The minimum absolute atomic E-state index is 0.403. The summed E-state index contributed by atoms with van der Waals surface area (Å²) in [5, 5.41) is 5.07. The maximum Gasteiger partial charge on any atom is 0.144 e. The van der Waals surface area contributed by atoms with Gasteiger partial charge in [-0.15, -0.1) is 0 Å². The van der Waals surface area contributed by atoms with E-state index in [-0.39, 0.29) is 0 Å². The summed E-state index contributed by atoms with van der Waals surface area (Å²) in [5.74, 6) is 1.83. The quantitative estimate of drug-likeness (QED) is 0.135. The fraction of sp³-hybridized carbons (Fsp3) is 0.150. The lowest BCUT2D eigenvalue weighted by atomic mass is 9.83. The molecule has 0 saturated heterocycles. The van der Waals surface area contributed by atoms with E-state index in [1.807, 2.05) is 6.20 Å². The average molecular weight is 829 g/mol. The summed E-state index contributed by atoms with van der Waals surface area (Å²) in [6.07, 6.45) is 6.19. The molecule has 0 spiro atoms. The van der Waals surface area contributed by atoms with E-state index >= 15 is 0 Å². The number of aryl methyl sites for hydroxylation is 3. The Balaban J connectivity index is 0.875. The summed E-state index contributed by atoms with van der Waals surface area (Å²) in [7, 11) is 0. The van der Waals surface area contributed by atoms with E-state index in [9.17, 15) is 0 Å². The highest BCUT2D eigenvalue weighted by atomic mass is 15.1. The zero-order valence-corrected chi connectivity index (χ0v) is 37.3. The number of imidazole rings is 1. The van der Waals surface area contributed by atoms with Crippen molar-refractivity contribution in [3.63, 3.8) is 0 Å². The van der Waals surface area contributed by atoms with Crippen molar-refractivity contribution in [1.82, 2.24) is 18.7 Å². The van der Waals surface area contributed by atoms with E-state index in [0.717, 1.165) is 24.2 Å². The second-order valence-electron chi connectivity index (χ2n) is 17.8. The van der Waals surface area contributed by atoms with Crippen LogP contribution < -0.4 is 0 Å². The van der Waals surface area contributed by atoms with E-state index in [0.29, 0.717) is 11.8 Å². The molecule has 8 aromatic carbocycles. The van der Waals surface area contributed by atoms with Crippen molar-refractivity contribution in [2.75, 3.05) is 0 Å². The van der Waals surface area contributed by atoms with Crippen LogP contribution in [0.25, 0.3) is 83.2 Å². The second kappa shape index (κ2) is 16.0. The Kier molecular flexibility index (Phi) is 9.88. The van der Waals surface area contributed by atoms with Crippen molar-refractivity contribution < 1.29 is 0 Å². The topological polar surface area (TPSA) is 27.7 Å². The molecule has 0 aliphatic heterocycles. The van der Waals surface area contributed by atoms with Crippen LogP contribution in [0.3, 0.4) is 0 Å². The van der Waals surface area contributed by atoms with Crippen LogP contribution in [0.5, 0.6) is 0 Å². The number of benzene rings is 8. The number of hydrogen-bond acceptors (Lipinski definition) is 1. The number of aromatic nitrogens is 4. The van der Waals surface area contributed by atoms with Crippen molar-refractivity contribution in [1.29, 1.82) is 0 Å². The molecule has 64 heavy (non-hydrogen) atoms. The zero-order valence-electron chi connectivity index (χ0n) is 37.3. The molecule has 11 rings (SSSR count). The van der Waals surface area contributed by atoms with Gasteiger partial charge in [0.1, 0.15) is 5.82 Å². The van der Waals surface area contributed by atoms with Crippen LogP contribution >= 0.6 is 0 Å². The summed E-state index contributed by atoms with van der Waals surface area (Å²) in [6, 6.07) is 65.1. The van der Waals surface area contributed by atoms with Crippen molar-refractivity contribution in [2.45, 2.75) is 59.3 Å².